The molecule has 500 valence electrons. The lowest BCUT2D eigenvalue weighted by atomic mass is 9.98. The molecular formula is C64H88N12O16. The Balaban J connectivity index is 1.19. The van der Waals surface area contributed by atoms with E-state index in [9.17, 15) is 43.2 Å². The van der Waals surface area contributed by atoms with Crippen LogP contribution in [-0.4, -0.2) is 220 Å². The van der Waals surface area contributed by atoms with Crippen molar-refractivity contribution in [2.45, 2.75) is 176 Å². The van der Waals surface area contributed by atoms with E-state index >= 15 is 14.4 Å². The van der Waals surface area contributed by atoms with Crippen LogP contribution in [0.2, 0.25) is 0 Å². The van der Waals surface area contributed by atoms with E-state index in [1.54, 1.807) is 82.2 Å². The molecule has 10 amide bonds. The van der Waals surface area contributed by atoms with Crippen molar-refractivity contribution in [1.29, 1.82) is 0 Å². The van der Waals surface area contributed by atoms with Crippen molar-refractivity contribution in [1.82, 2.24) is 55.7 Å². The number of esters is 2. The maximum atomic E-state index is 15.6. The van der Waals surface area contributed by atoms with Crippen molar-refractivity contribution in [3.63, 3.8) is 0 Å². The van der Waals surface area contributed by atoms with Crippen molar-refractivity contribution in [3.8, 4) is 11.5 Å². The van der Waals surface area contributed by atoms with E-state index in [0.29, 0.717) is 36.8 Å². The zero-order valence-corrected chi connectivity index (χ0v) is 55.6. The molecular weight excluding hydrogens is 1190 g/mol. The minimum atomic E-state index is -1.79. The third-order valence-corrected chi connectivity index (χ3v) is 18.1. The number of carbonyl (C=O) groups is 12. The average molecular weight is 1280 g/mol. The second-order valence-electron chi connectivity index (χ2n) is 26.3. The Hall–Kier alpha value is -8.85. The van der Waals surface area contributed by atoms with Gasteiger partial charge in [-0.2, -0.15) is 0 Å². The number of nitrogens with one attached hydrogen (secondary N) is 5. The highest BCUT2D eigenvalue weighted by atomic mass is 16.6. The van der Waals surface area contributed by atoms with Crippen LogP contribution in [0.4, 0.5) is 11.4 Å². The number of aryl methyl sites for hydroxylation is 3. The first-order valence-corrected chi connectivity index (χ1v) is 31.4. The molecule has 5 N–H and O–H groups in total. The van der Waals surface area contributed by atoms with E-state index in [2.05, 4.69) is 31.6 Å². The van der Waals surface area contributed by atoms with E-state index in [0.717, 1.165) is 4.90 Å². The summed E-state index contributed by atoms with van der Waals surface area (Å²) in [4.78, 5) is 187. The fourth-order valence-corrected chi connectivity index (χ4v) is 12.9. The van der Waals surface area contributed by atoms with Gasteiger partial charge in [0.15, 0.2) is 23.0 Å². The highest BCUT2D eigenvalue weighted by Crippen LogP contribution is 2.51. The first-order valence-electron chi connectivity index (χ1n) is 31.4. The summed E-state index contributed by atoms with van der Waals surface area (Å²) in [6.45, 7) is 20.7. The van der Waals surface area contributed by atoms with Crippen LogP contribution in [0.5, 0.6) is 11.5 Å². The number of rotatable bonds is 8. The molecule has 2 aromatic carbocycles. The molecule has 0 bridgehead atoms. The van der Waals surface area contributed by atoms with Crippen molar-refractivity contribution >= 4 is 93.5 Å². The lowest BCUT2D eigenvalue weighted by molar-refractivity contribution is -0.163. The topological polar surface area (TPSA) is 338 Å². The molecule has 5 aliphatic heterocycles. The van der Waals surface area contributed by atoms with Gasteiger partial charge >= 0.3 is 11.9 Å². The second kappa shape index (κ2) is 27.5. The van der Waals surface area contributed by atoms with E-state index < -0.39 is 168 Å². The van der Waals surface area contributed by atoms with E-state index in [1.165, 1.54) is 72.6 Å². The van der Waals surface area contributed by atoms with Gasteiger partial charge in [0.25, 0.3) is 11.8 Å². The average Bonchev–Trinajstić information content (AvgIpc) is 1.26. The Labute approximate surface area is 534 Å². The Morgan fingerprint density at radius 3 is 1.47 bits per heavy atom. The molecule has 4 saturated heterocycles. The third kappa shape index (κ3) is 13.5. The van der Waals surface area contributed by atoms with Crippen molar-refractivity contribution in [2.75, 3.05) is 59.7 Å². The number of fused-ring (bicyclic) bond motifs is 5. The summed E-state index contributed by atoms with van der Waals surface area (Å²) < 4.78 is 24.8. The van der Waals surface area contributed by atoms with Gasteiger partial charge in [0.2, 0.25) is 47.3 Å². The Kier molecular flexibility index (Phi) is 20.7. The van der Waals surface area contributed by atoms with Gasteiger partial charge in [0, 0.05) is 53.8 Å². The molecule has 10 atom stereocenters. The van der Waals surface area contributed by atoms with Crippen LogP contribution in [-0.2, 0) is 57.4 Å². The number of ether oxygens (including phenoxy) is 3. The Morgan fingerprint density at radius 1 is 0.587 bits per heavy atom. The number of hydrogen-bond donors (Lipinski definition) is 5. The smallest absolute Gasteiger partial charge is 0.329 e. The van der Waals surface area contributed by atoms with Gasteiger partial charge in [0.05, 0.1) is 35.6 Å². The molecule has 8 rings (SSSR count). The van der Waals surface area contributed by atoms with Gasteiger partial charge in [-0.15, -0.1) is 0 Å². The lowest BCUT2D eigenvalue weighted by Gasteiger charge is -2.36. The van der Waals surface area contributed by atoms with Crippen molar-refractivity contribution in [2.24, 2.45) is 23.7 Å². The summed E-state index contributed by atoms with van der Waals surface area (Å²) in [5.41, 5.74) is 0.342. The maximum absolute atomic E-state index is 15.6. The molecule has 0 aliphatic carbocycles. The highest BCUT2D eigenvalue weighted by molar-refractivity contribution is 6.15. The predicted octanol–water partition coefficient (Wildman–Crippen LogP) is 2.84. The van der Waals surface area contributed by atoms with E-state index in [4.69, 9.17) is 18.6 Å². The summed E-state index contributed by atoms with van der Waals surface area (Å²) in [5, 5.41) is 14.3. The summed E-state index contributed by atoms with van der Waals surface area (Å²) in [6.07, 6.45) is -1.46. The van der Waals surface area contributed by atoms with Crippen LogP contribution in [0.25, 0.3) is 11.1 Å². The first-order chi connectivity index (χ1) is 43.2. The second-order valence-corrected chi connectivity index (χ2v) is 26.3. The van der Waals surface area contributed by atoms with Gasteiger partial charge in [-0.05, 0) is 88.7 Å². The number of hydrogen-bond acceptors (Lipinski definition) is 18. The van der Waals surface area contributed by atoms with Crippen LogP contribution in [0.1, 0.15) is 133 Å². The van der Waals surface area contributed by atoms with Gasteiger partial charge in [0.1, 0.15) is 66.1 Å². The zero-order chi connectivity index (χ0) is 68.0. The van der Waals surface area contributed by atoms with Crippen LogP contribution in [0.3, 0.4) is 0 Å². The minimum Gasteiger partial charge on any atom is -0.458 e. The van der Waals surface area contributed by atoms with Crippen LogP contribution < -0.4 is 31.3 Å². The molecule has 28 nitrogen and oxygen atoms in total. The molecule has 3 aromatic rings. The van der Waals surface area contributed by atoms with Crippen LogP contribution in [0.15, 0.2) is 16.5 Å². The largest absolute Gasteiger partial charge is 0.458 e. The van der Waals surface area contributed by atoms with Crippen molar-refractivity contribution < 1.29 is 76.2 Å². The fourth-order valence-electron chi connectivity index (χ4n) is 12.9. The quantitative estimate of drug-likeness (QED) is 0.158. The summed E-state index contributed by atoms with van der Waals surface area (Å²) >= 11 is 0. The Bertz CT molecular complexity index is 3490. The third-order valence-electron chi connectivity index (χ3n) is 18.1. The standard InChI is InChI=1S/C64H88N12O16/c1-28(2)43-61(85)75-24-18-20-38(75)59(83)71(14)26-40(77)73(16)50(30(5)6)63(87)89-34(11)45(57(81)67-43)69-55(79)37-23-22-32(9)52-47(37)66-49-42(48-53(91-36(13)65-48)33(10)54(49)92-52)56(80)70-46-35(12)90-64(88)51(31(7)8)74(17)41(78)27-72(15)60(84)39-21-19-25-76(39)62(86)44(29(3)4)68-58(46)82/h22-23,28-31,34-35,38-39,43-46,50-51,66H,18-21,24-27H2,1-17H3,(H,67,81)(H,68,82)(H,69,79)(H,70,80)/t34-,35+,38+,39+,43-,44-,45+,46-,50+,51+/m1/s1. The molecule has 92 heavy (non-hydrogen) atoms. The number of cyclic esters (lactones) is 2. The molecule has 1 aromatic heterocycles. The summed E-state index contributed by atoms with van der Waals surface area (Å²) in [5.74, 6) is -11.1. The molecule has 0 spiro atoms. The number of likely N-dealkylation sites (N-methyl/N-ethyl adjacent to an activating group) is 4. The van der Waals surface area contributed by atoms with Gasteiger partial charge < -0.3 is 74.6 Å². The van der Waals surface area contributed by atoms with E-state index in [1.807, 2.05) is 0 Å². The predicted molar refractivity (Wildman–Crippen MR) is 333 cm³/mol. The normalized spacial score (nSPS) is 26.2. The molecule has 0 unspecified atom stereocenters. The first kappa shape index (κ1) is 69.0. The minimum absolute atomic E-state index is 0.0300. The zero-order valence-electron chi connectivity index (χ0n) is 55.6. The van der Waals surface area contributed by atoms with Crippen LogP contribution >= 0.6 is 0 Å². The molecule has 5 aliphatic rings. The molecule has 28 heteroatoms. The molecule has 6 heterocycles. The highest BCUT2D eigenvalue weighted by Gasteiger charge is 2.47. The Morgan fingerprint density at radius 2 is 1.03 bits per heavy atom. The SMILES string of the molecule is Cc1nc2c(C(=O)N[C@H]3C(=O)N[C@H](C(C)C)C(=O)N4CCC[C@H]4C(=O)N(C)CC(=O)N(C)[C@@H](C(C)C)C(=O)O[C@H]3C)c3c(c(C)c2o1)Oc1c(C)ccc(C(=O)N[C@@H]2C(=O)N[C@H](C(C)C)C(=O)N4CCC[C@H]4C(=O)N(C)CC(=O)N(C)[C@@H](C(C)C)C(=O)O[C@@H]2C)c1N3. The number of benzene rings is 2. The number of oxazole rings is 1. The fraction of sp³-hybridized carbons (Fsp3) is 0.609. The number of anilines is 2. The summed E-state index contributed by atoms with van der Waals surface area (Å²) in [6, 6.07) is -7.40. The molecule has 0 radical (unpaired) electrons. The number of amides is 10. The van der Waals surface area contributed by atoms with Gasteiger partial charge in [-0.3, -0.25) is 47.9 Å². The van der Waals surface area contributed by atoms with Gasteiger partial charge in [-0.1, -0.05) is 61.5 Å². The molecule has 0 saturated carbocycles. The van der Waals surface area contributed by atoms with Crippen LogP contribution in [0, 0.1) is 44.4 Å². The monoisotopic (exact) mass is 1280 g/mol. The molecule has 4 fully saturated rings. The number of aromatic nitrogens is 1. The lowest BCUT2D eigenvalue weighted by Crippen LogP contribution is -2.61. The van der Waals surface area contributed by atoms with E-state index in [-0.39, 0.29) is 64.1 Å². The maximum Gasteiger partial charge on any atom is 0.329 e. The van der Waals surface area contributed by atoms with Gasteiger partial charge in [-0.25, -0.2) is 14.6 Å². The number of carbonyl (C=O) groups excluding carboxylic acids is 12. The van der Waals surface area contributed by atoms with Crippen molar-refractivity contribution in [3.05, 3.63) is 40.3 Å². The number of nitrogens with zero attached hydrogens (tertiary/aromatic N) is 7. The summed E-state index contributed by atoms with van der Waals surface area (Å²) in [7, 11) is 5.68.